The number of nitriles is 1. The molecule has 8 aromatic carbocycles. The van der Waals surface area contributed by atoms with Gasteiger partial charge in [0.1, 0.15) is 0 Å². The van der Waals surface area contributed by atoms with Gasteiger partial charge >= 0.3 is 0 Å². The quantitative estimate of drug-likeness (QED) is 0.140. The summed E-state index contributed by atoms with van der Waals surface area (Å²) >= 11 is 0. The van der Waals surface area contributed by atoms with Crippen molar-refractivity contribution in [1.82, 2.24) is 9.97 Å². The Hall–Kier alpha value is -6.89. The molecule has 3 heteroatoms. The van der Waals surface area contributed by atoms with Gasteiger partial charge in [0.05, 0.1) is 23.0 Å². The summed E-state index contributed by atoms with van der Waals surface area (Å²) in [6.45, 7) is 0. The highest BCUT2D eigenvalue weighted by Gasteiger charge is 2.21. The van der Waals surface area contributed by atoms with E-state index in [4.69, 9.17) is 9.97 Å². The van der Waals surface area contributed by atoms with Crippen LogP contribution in [0.4, 0.5) is 0 Å². The Morgan fingerprint density at radius 2 is 0.920 bits per heavy atom. The van der Waals surface area contributed by atoms with Crippen molar-refractivity contribution in [3.8, 4) is 62.2 Å². The summed E-state index contributed by atoms with van der Waals surface area (Å²) in [4.78, 5) is 10.5. The minimum absolute atomic E-state index is 0.650. The molecule has 0 saturated heterocycles. The average molecular weight is 636 g/mol. The second-order valence-electron chi connectivity index (χ2n) is 12.5. The van der Waals surface area contributed by atoms with Gasteiger partial charge in [0.15, 0.2) is 5.82 Å². The van der Waals surface area contributed by atoms with Crippen LogP contribution in [0.25, 0.3) is 88.5 Å². The van der Waals surface area contributed by atoms with Crippen molar-refractivity contribution >= 4 is 32.3 Å². The molecule has 9 aromatic rings. The van der Waals surface area contributed by atoms with Gasteiger partial charge in [0, 0.05) is 22.1 Å². The molecule has 50 heavy (non-hydrogen) atoms. The molecule has 3 nitrogen and oxygen atoms in total. The van der Waals surface area contributed by atoms with E-state index in [1.165, 1.54) is 38.1 Å². The summed E-state index contributed by atoms with van der Waals surface area (Å²) in [5.41, 5.74) is 9.99. The van der Waals surface area contributed by atoms with Gasteiger partial charge in [-0.2, -0.15) is 5.26 Å². The van der Waals surface area contributed by atoms with Crippen LogP contribution < -0.4 is 0 Å². The number of hydrogen-bond acceptors (Lipinski definition) is 3. The molecule has 0 fully saturated rings. The highest BCUT2D eigenvalue weighted by atomic mass is 14.9. The molecule has 0 atom stereocenters. The van der Waals surface area contributed by atoms with Gasteiger partial charge in [-0.05, 0) is 67.4 Å². The topological polar surface area (TPSA) is 49.6 Å². The van der Waals surface area contributed by atoms with Crippen molar-refractivity contribution < 1.29 is 0 Å². The molecule has 0 N–H and O–H groups in total. The molecular weight excluding hydrogens is 607 g/mol. The number of benzene rings is 8. The van der Waals surface area contributed by atoms with E-state index in [-0.39, 0.29) is 0 Å². The van der Waals surface area contributed by atoms with Crippen LogP contribution in [0.1, 0.15) is 5.56 Å². The molecule has 0 radical (unpaired) electrons. The Morgan fingerprint density at radius 3 is 1.60 bits per heavy atom. The summed E-state index contributed by atoms with van der Waals surface area (Å²) in [5, 5.41) is 16.3. The molecule has 0 spiro atoms. The van der Waals surface area contributed by atoms with Crippen LogP contribution in [0.5, 0.6) is 0 Å². The third-order valence-corrected chi connectivity index (χ3v) is 9.52. The van der Waals surface area contributed by atoms with Gasteiger partial charge in [0.25, 0.3) is 0 Å². The maximum absolute atomic E-state index is 9.24. The molecule has 0 unspecified atom stereocenters. The molecule has 0 aliphatic rings. The minimum atomic E-state index is 0.650. The van der Waals surface area contributed by atoms with Crippen LogP contribution in [-0.4, -0.2) is 9.97 Å². The van der Waals surface area contributed by atoms with Crippen LogP contribution in [-0.2, 0) is 0 Å². The fraction of sp³-hybridized carbons (Fsp3) is 0. The first-order valence-electron chi connectivity index (χ1n) is 16.7. The maximum atomic E-state index is 9.24. The zero-order chi connectivity index (χ0) is 33.4. The lowest BCUT2D eigenvalue weighted by molar-refractivity contribution is 1.19. The van der Waals surface area contributed by atoms with Crippen LogP contribution in [0.2, 0.25) is 0 Å². The Morgan fingerprint density at radius 1 is 0.380 bits per heavy atom. The second-order valence-corrected chi connectivity index (χ2v) is 12.5. The van der Waals surface area contributed by atoms with Gasteiger partial charge in [-0.25, -0.2) is 9.97 Å². The standard InChI is InChI=1S/C47H29N3/c48-30-31-19-21-32(22-20-31)33-23-25-35(26-24-33)42-29-43(50-47(49-42)37-14-5-2-6-15-37)46-40-18-10-9-17-39(40)44(36-12-3-1-4-13-36)41-28-27-34-11-7-8-16-38(34)45(41)46/h1-29H. The van der Waals surface area contributed by atoms with E-state index >= 15 is 0 Å². The molecule has 0 amide bonds. The zero-order valence-electron chi connectivity index (χ0n) is 27.1. The fourth-order valence-corrected chi connectivity index (χ4v) is 7.14. The van der Waals surface area contributed by atoms with Crippen LogP contribution in [0.3, 0.4) is 0 Å². The van der Waals surface area contributed by atoms with E-state index in [0.29, 0.717) is 11.4 Å². The van der Waals surface area contributed by atoms with Crippen molar-refractivity contribution in [2.75, 3.05) is 0 Å². The predicted molar refractivity (Wildman–Crippen MR) is 206 cm³/mol. The lowest BCUT2D eigenvalue weighted by Gasteiger charge is -2.19. The molecule has 9 rings (SSSR count). The predicted octanol–water partition coefficient (Wildman–Crippen LogP) is 12.1. The van der Waals surface area contributed by atoms with Gasteiger partial charge in [-0.15, -0.1) is 0 Å². The van der Waals surface area contributed by atoms with Crippen LogP contribution in [0.15, 0.2) is 176 Å². The number of hydrogen-bond donors (Lipinski definition) is 0. The van der Waals surface area contributed by atoms with Gasteiger partial charge in [-0.3, -0.25) is 0 Å². The van der Waals surface area contributed by atoms with Gasteiger partial charge < -0.3 is 0 Å². The SMILES string of the molecule is N#Cc1ccc(-c2ccc(-c3cc(-c4c5ccccc5c(-c5ccccc5)c5ccc6ccccc6c45)nc(-c4ccccc4)n3)cc2)cc1. The monoisotopic (exact) mass is 635 g/mol. The summed E-state index contributed by atoms with van der Waals surface area (Å²) in [6.07, 6.45) is 0. The average Bonchev–Trinajstić information content (AvgIpc) is 3.20. The van der Waals surface area contributed by atoms with Gasteiger partial charge in [0.2, 0.25) is 0 Å². The zero-order valence-corrected chi connectivity index (χ0v) is 27.1. The molecular formula is C47H29N3. The van der Waals surface area contributed by atoms with E-state index in [1.807, 2.05) is 42.5 Å². The van der Waals surface area contributed by atoms with Crippen molar-refractivity contribution in [1.29, 1.82) is 5.26 Å². The van der Waals surface area contributed by atoms with E-state index in [0.717, 1.165) is 44.6 Å². The highest BCUT2D eigenvalue weighted by Crippen LogP contribution is 2.46. The maximum Gasteiger partial charge on any atom is 0.160 e. The van der Waals surface area contributed by atoms with Crippen molar-refractivity contribution in [2.45, 2.75) is 0 Å². The van der Waals surface area contributed by atoms with Crippen molar-refractivity contribution in [3.63, 3.8) is 0 Å². The van der Waals surface area contributed by atoms with Crippen molar-refractivity contribution in [3.05, 3.63) is 181 Å². The summed E-state index contributed by atoms with van der Waals surface area (Å²) in [6, 6.07) is 63.3. The molecule has 0 aliphatic carbocycles. The second kappa shape index (κ2) is 12.3. The Kier molecular flexibility index (Phi) is 7.19. The summed E-state index contributed by atoms with van der Waals surface area (Å²) < 4.78 is 0. The highest BCUT2D eigenvalue weighted by molar-refractivity contribution is 6.27. The number of aromatic nitrogens is 2. The molecule has 1 aromatic heterocycles. The largest absolute Gasteiger partial charge is 0.228 e. The summed E-state index contributed by atoms with van der Waals surface area (Å²) in [7, 11) is 0. The lowest BCUT2D eigenvalue weighted by Crippen LogP contribution is -1.98. The Bertz CT molecular complexity index is 2730. The Labute approximate surface area is 290 Å². The van der Waals surface area contributed by atoms with E-state index in [1.54, 1.807) is 0 Å². The van der Waals surface area contributed by atoms with Crippen LogP contribution in [0, 0.1) is 11.3 Å². The number of nitrogens with zero attached hydrogens (tertiary/aromatic N) is 3. The summed E-state index contributed by atoms with van der Waals surface area (Å²) in [5.74, 6) is 0.680. The first-order valence-corrected chi connectivity index (χ1v) is 16.7. The number of fused-ring (bicyclic) bond motifs is 4. The van der Waals surface area contributed by atoms with E-state index < -0.39 is 0 Å². The molecule has 0 saturated carbocycles. The molecule has 0 aliphatic heterocycles. The normalized spacial score (nSPS) is 11.2. The Balaban J connectivity index is 1.34. The fourth-order valence-electron chi connectivity index (χ4n) is 7.14. The first-order chi connectivity index (χ1) is 24.7. The minimum Gasteiger partial charge on any atom is -0.228 e. The van der Waals surface area contributed by atoms with E-state index in [2.05, 4.69) is 140 Å². The van der Waals surface area contributed by atoms with E-state index in [9.17, 15) is 5.26 Å². The molecule has 232 valence electrons. The van der Waals surface area contributed by atoms with Crippen molar-refractivity contribution in [2.24, 2.45) is 0 Å². The molecule has 1 heterocycles. The van der Waals surface area contributed by atoms with Crippen LogP contribution >= 0.6 is 0 Å². The lowest BCUT2D eigenvalue weighted by atomic mass is 9.85. The third-order valence-electron chi connectivity index (χ3n) is 9.52. The third kappa shape index (κ3) is 5.08. The molecule has 0 bridgehead atoms. The van der Waals surface area contributed by atoms with Gasteiger partial charge in [-0.1, -0.05) is 158 Å². The first kappa shape index (κ1) is 29.3. The smallest absolute Gasteiger partial charge is 0.160 e. The number of rotatable bonds is 5.